The maximum Gasteiger partial charge on any atom is 0.240 e. The second-order valence-corrected chi connectivity index (χ2v) is 6.53. The molecule has 3 rings (SSSR count). The SMILES string of the molecule is Cc1cc(Cl)ccc1NC(=O)CSc1n[nH]c(N/N=C\c2ccco2)n1. The summed E-state index contributed by atoms with van der Waals surface area (Å²) in [6, 6.07) is 8.83. The number of carbonyl (C=O) groups is 1. The van der Waals surface area contributed by atoms with E-state index in [0.717, 1.165) is 11.3 Å². The summed E-state index contributed by atoms with van der Waals surface area (Å²) >= 11 is 7.11. The third-order valence-electron chi connectivity index (χ3n) is 3.17. The smallest absolute Gasteiger partial charge is 0.240 e. The minimum Gasteiger partial charge on any atom is -0.463 e. The van der Waals surface area contributed by atoms with Crippen molar-refractivity contribution in [3.63, 3.8) is 0 Å². The van der Waals surface area contributed by atoms with Crippen LogP contribution in [-0.2, 0) is 4.79 Å². The Labute approximate surface area is 158 Å². The number of rotatable bonds is 7. The molecule has 0 bridgehead atoms. The number of thioether (sulfide) groups is 1. The molecule has 0 saturated carbocycles. The highest BCUT2D eigenvalue weighted by Crippen LogP contribution is 2.20. The highest BCUT2D eigenvalue weighted by atomic mass is 35.5. The van der Waals surface area contributed by atoms with Gasteiger partial charge in [0.1, 0.15) is 5.76 Å². The van der Waals surface area contributed by atoms with E-state index in [-0.39, 0.29) is 11.7 Å². The number of H-pyrrole nitrogens is 1. The van der Waals surface area contributed by atoms with Gasteiger partial charge in [-0.15, -0.1) is 5.10 Å². The highest BCUT2D eigenvalue weighted by molar-refractivity contribution is 7.99. The van der Waals surface area contributed by atoms with Crippen LogP contribution in [0, 0.1) is 6.92 Å². The lowest BCUT2D eigenvalue weighted by Crippen LogP contribution is -2.14. The van der Waals surface area contributed by atoms with E-state index < -0.39 is 0 Å². The number of hydrazone groups is 1. The number of hydrogen-bond acceptors (Lipinski definition) is 7. The van der Waals surface area contributed by atoms with Crippen molar-refractivity contribution in [2.45, 2.75) is 12.1 Å². The minimum atomic E-state index is -0.157. The van der Waals surface area contributed by atoms with Gasteiger partial charge >= 0.3 is 0 Å². The molecule has 1 amide bonds. The van der Waals surface area contributed by atoms with Crippen molar-refractivity contribution in [1.82, 2.24) is 15.2 Å². The number of carbonyl (C=O) groups excluding carboxylic acids is 1. The van der Waals surface area contributed by atoms with Crippen molar-refractivity contribution >= 4 is 47.1 Å². The average molecular weight is 391 g/mol. The number of aromatic amines is 1. The summed E-state index contributed by atoms with van der Waals surface area (Å²) in [6.07, 6.45) is 3.07. The number of aromatic nitrogens is 3. The van der Waals surface area contributed by atoms with E-state index in [1.807, 2.05) is 6.92 Å². The topological polar surface area (TPSA) is 108 Å². The predicted octanol–water partition coefficient (Wildman–Crippen LogP) is 3.54. The maximum atomic E-state index is 12.1. The first-order valence-electron chi connectivity index (χ1n) is 7.54. The fourth-order valence-corrected chi connectivity index (χ4v) is 2.79. The fourth-order valence-electron chi connectivity index (χ4n) is 1.97. The molecule has 3 aromatic rings. The van der Waals surface area contributed by atoms with Crippen molar-refractivity contribution in [3.8, 4) is 0 Å². The van der Waals surface area contributed by atoms with Gasteiger partial charge in [-0.05, 0) is 42.8 Å². The first-order chi connectivity index (χ1) is 12.6. The van der Waals surface area contributed by atoms with Crippen molar-refractivity contribution in [1.29, 1.82) is 0 Å². The summed E-state index contributed by atoms with van der Waals surface area (Å²) in [7, 11) is 0. The molecule has 2 aromatic heterocycles. The van der Waals surface area contributed by atoms with Crippen LogP contribution in [0.4, 0.5) is 11.6 Å². The second kappa shape index (κ2) is 8.54. The third kappa shape index (κ3) is 5.11. The molecule has 0 radical (unpaired) electrons. The molecule has 2 heterocycles. The van der Waals surface area contributed by atoms with E-state index in [9.17, 15) is 4.79 Å². The van der Waals surface area contributed by atoms with Crippen molar-refractivity contribution in [2.75, 3.05) is 16.5 Å². The summed E-state index contributed by atoms with van der Waals surface area (Å²) in [5, 5.41) is 14.6. The zero-order chi connectivity index (χ0) is 18.4. The zero-order valence-electron chi connectivity index (χ0n) is 13.7. The molecule has 0 fully saturated rings. The van der Waals surface area contributed by atoms with Gasteiger partial charge in [0.05, 0.1) is 18.2 Å². The van der Waals surface area contributed by atoms with Crippen molar-refractivity contribution in [2.24, 2.45) is 5.10 Å². The minimum absolute atomic E-state index is 0.157. The summed E-state index contributed by atoms with van der Waals surface area (Å²) < 4.78 is 5.11. The number of anilines is 2. The van der Waals surface area contributed by atoms with Gasteiger partial charge in [-0.25, -0.2) is 10.5 Å². The molecule has 26 heavy (non-hydrogen) atoms. The first-order valence-corrected chi connectivity index (χ1v) is 8.90. The van der Waals surface area contributed by atoms with Gasteiger partial charge in [-0.3, -0.25) is 4.79 Å². The Balaban J connectivity index is 1.47. The fraction of sp³-hybridized carbons (Fsp3) is 0.125. The lowest BCUT2D eigenvalue weighted by atomic mass is 10.2. The molecule has 1 aromatic carbocycles. The normalized spacial score (nSPS) is 11.0. The monoisotopic (exact) mass is 390 g/mol. The number of nitrogens with zero attached hydrogens (tertiary/aromatic N) is 3. The summed E-state index contributed by atoms with van der Waals surface area (Å²) in [6.45, 7) is 1.88. The number of benzene rings is 1. The average Bonchev–Trinajstić information content (AvgIpc) is 3.28. The van der Waals surface area contributed by atoms with E-state index in [2.05, 4.69) is 31.0 Å². The Morgan fingerprint density at radius 1 is 1.46 bits per heavy atom. The van der Waals surface area contributed by atoms with Crippen LogP contribution in [0.15, 0.2) is 51.3 Å². The van der Waals surface area contributed by atoms with E-state index in [4.69, 9.17) is 16.0 Å². The number of hydrogen-bond donors (Lipinski definition) is 3. The maximum absolute atomic E-state index is 12.1. The van der Waals surface area contributed by atoms with Crippen LogP contribution in [0.25, 0.3) is 0 Å². The van der Waals surface area contributed by atoms with Crippen LogP contribution in [-0.4, -0.2) is 33.1 Å². The molecule has 0 atom stereocenters. The van der Waals surface area contributed by atoms with Gasteiger partial charge in [0.25, 0.3) is 0 Å². The Bertz CT molecular complexity index is 909. The molecular formula is C16H15ClN6O2S. The second-order valence-electron chi connectivity index (χ2n) is 5.15. The van der Waals surface area contributed by atoms with Gasteiger partial charge < -0.3 is 9.73 Å². The molecule has 0 aliphatic heterocycles. The molecule has 0 spiro atoms. The Morgan fingerprint density at radius 2 is 2.35 bits per heavy atom. The van der Waals surface area contributed by atoms with E-state index in [1.54, 1.807) is 36.6 Å². The molecule has 10 heteroatoms. The molecule has 0 aliphatic carbocycles. The van der Waals surface area contributed by atoms with Crippen LogP contribution in [0.3, 0.4) is 0 Å². The molecule has 8 nitrogen and oxygen atoms in total. The quantitative estimate of drug-likeness (QED) is 0.323. The van der Waals surface area contributed by atoms with Gasteiger partial charge in [0.2, 0.25) is 17.0 Å². The molecule has 0 saturated heterocycles. The molecule has 134 valence electrons. The summed E-state index contributed by atoms with van der Waals surface area (Å²) in [5.74, 6) is 0.996. The molecule has 3 N–H and O–H groups in total. The van der Waals surface area contributed by atoms with Gasteiger partial charge in [-0.1, -0.05) is 23.4 Å². The van der Waals surface area contributed by atoms with Crippen LogP contribution in [0.5, 0.6) is 0 Å². The van der Waals surface area contributed by atoms with Gasteiger partial charge in [0, 0.05) is 10.7 Å². The Hall–Kier alpha value is -2.78. The van der Waals surface area contributed by atoms with Crippen molar-refractivity contribution < 1.29 is 9.21 Å². The number of amides is 1. The Kier molecular flexibility index (Phi) is 5.92. The van der Waals surface area contributed by atoms with Crippen LogP contribution >= 0.6 is 23.4 Å². The summed E-state index contributed by atoms with van der Waals surface area (Å²) in [5.41, 5.74) is 4.32. The lowest BCUT2D eigenvalue weighted by Gasteiger charge is -2.07. The van der Waals surface area contributed by atoms with Crippen LogP contribution < -0.4 is 10.7 Å². The standard InChI is InChI=1S/C16H15ClN6O2S/c1-10-7-11(17)4-5-13(10)19-14(24)9-26-16-20-15(22-23-16)21-18-8-12-3-2-6-25-12/h2-8H,9H2,1H3,(H,19,24)(H2,20,21,22,23)/b18-8-. The van der Waals surface area contributed by atoms with Crippen LogP contribution in [0.2, 0.25) is 5.02 Å². The summed E-state index contributed by atoms with van der Waals surface area (Å²) in [4.78, 5) is 16.2. The lowest BCUT2D eigenvalue weighted by molar-refractivity contribution is -0.113. The largest absolute Gasteiger partial charge is 0.463 e. The van der Waals surface area contributed by atoms with Gasteiger partial charge in [-0.2, -0.15) is 10.1 Å². The van der Waals surface area contributed by atoms with Crippen molar-refractivity contribution in [3.05, 3.63) is 52.9 Å². The van der Waals surface area contributed by atoms with E-state index in [0.29, 0.717) is 21.9 Å². The third-order valence-corrected chi connectivity index (χ3v) is 4.25. The van der Waals surface area contributed by atoms with Crippen LogP contribution in [0.1, 0.15) is 11.3 Å². The van der Waals surface area contributed by atoms with E-state index in [1.165, 1.54) is 18.0 Å². The number of nitrogens with one attached hydrogen (secondary N) is 3. The number of aryl methyl sites for hydroxylation is 1. The zero-order valence-corrected chi connectivity index (χ0v) is 15.3. The van der Waals surface area contributed by atoms with E-state index >= 15 is 0 Å². The highest BCUT2D eigenvalue weighted by Gasteiger charge is 2.09. The molecule has 0 unspecified atom stereocenters. The first kappa shape index (κ1) is 18.0. The molecule has 0 aliphatic rings. The molecular weight excluding hydrogens is 376 g/mol. The number of furan rings is 1. The van der Waals surface area contributed by atoms with Gasteiger partial charge in [0.15, 0.2) is 0 Å². The number of halogens is 1. The predicted molar refractivity (Wildman–Crippen MR) is 102 cm³/mol. The Morgan fingerprint density at radius 3 is 3.12 bits per heavy atom.